The second-order valence-electron chi connectivity index (χ2n) is 6.34. The minimum Gasteiger partial charge on any atom is -0.328 e. The van der Waals surface area contributed by atoms with E-state index in [1.54, 1.807) is 18.2 Å². The quantitative estimate of drug-likeness (QED) is 0.592. The largest absolute Gasteiger partial charge is 0.328 e. The molecule has 132 valence electrons. The average molecular weight is 431 g/mol. The Hall–Kier alpha value is -2.11. The Morgan fingerprint density at radius 3 is 2.73 bits per heavy atom. The number of aromatic nitrogens is 2. The van der Waals surface area contributed by atoms with Crippen molar-refractivity contribution < 1.29 is 4.79 Å². The SMILES string of the molecule is O=C(Nc1ccc(-c2ncc3n2CCCC3)cc1)c1ccc(Br)cc1Cl. The number of nitrogens with one attached hydrogen (secondary N) is 1. The van der Waals surface area contributed by atoms with Gasteiger partial charge in [-0.25, -0.2) is 4.98 Å². The van der Waals surface area contributed by atoms with Crippen LogP contribution in [0.15, 0.2) is 53.1 Å². The van der Waals surface area contributed by atoms with Crippen molar-refractivity contribution >= 4 is 39.1 Å². The topological polar surface area (TPSA) is 46.9 Å². The minimum atomic E-state index is -0.228. The molecule has 1 aliphatic rings. The van der Waals surface area contributed by atoms with E-state index in [4.69, 9.17) is 11.6 Å². The molecule has 0 aliphatic carbocycles. The van der Waals surface area contributed by atoms with Crippen LogP contribution in [0.25, 0.3) is 11.4 Å². The van der Waals surface area contributed by atoms with Gasteiger partial charge in [0, 0.05) is 34.2 Å². The van der Waals surface area contributed by atoms with Gasteiger partial charge in [-0.1, -0.05) is 27.5 Å². The zero-order valence-corrected chi connectivity index (χ0v) is 16.3. The maximum absolute atomic E-state index is 12.4. The van der Waals surface area contributed by atoms with E-state index >= 15 is 0 Å². The second kappa shape index (κ2) is 7.25. The molecule has 4 rings (SSSR count). The number of hydrogen-bond acceptors (Lipinski definition) is 2. The summed E-state index contributed by atoms with van der Waals surface area (Å²) in [6, 6.07) is 13.0. The number of anilines is 1. The highest BCUT2D eigenvalue weighted by Crippen LogP contribution is 2.26. The van der Waals surface area contributed by atoms with Crippen molar-refractivity contribution in [2.75, 3.05) is 5.32 Å². The number of nitrogens with zero attached hydrogens (tertiary/aromatic N) is 2. The maximum Gasteiger partial charge on any atom is 0.257 e. The average Bonchev–Trinajstić information content (AvgIpc) is 3.06. The van der Waals surface area contributed by atoms with Gasteiger partial charge in [-0.2, -0.15) is 0 Å². The van der Waals surface area contributed by atoms with Crippen LogP contribution in [0.2, 0.25) is 5.02 Å². The fraction of sp³-hybridized carbons (Fsp3) is 0.200. The van der Waals surface area contributed by atoms with Crippen molar-refractivity contribution in [2.45, 2.75) is 25.8 Å². The van der Waals surface area contributed by atoms with Gasteiger partial charge in [0.2, 0.25) is 0 Å². The lowest BCUT2D eigenvalue weighted by Gasteiger charge is -2.16. The summed E-state index contributed by atoms with van der Waals surface area (Å²) in [4.78, 5) is 17.0. The fourth-order valence-corrected chi connectivity index (χ4v) is 4.00. The molecular formula is C20H17BrClN3O. The molecule has 0 unspecified atom stereocenters. The van der Waals surface area contributed by atoms with E-state index in [-0.39, 0.29) is 5.91 Å². The van der Waals surface area contributed by atoms with Crippen molar-refractivity contribution in [3.8, 4) is 11.4 Å². The molecule has 1 aliphatic heterocycles. The third-order valence-corrected chi connectivity index (χ3v) is 5.39. The molecule has 1 amide bonds. The van der Waals surface area contributed by atoms with Crippen LogP contribution in [0, 0.1) is 0 Å². The molecule has 0 bridgehead atoms. The van der Waals surface area contributed by atoms with Crippen molar-refractivity contribution in [1.82, 2.24) is 9.55 Å². The zero-order valence-electron chi connectivity index (χ0n) is 14.0. The number of aryl methyl sites for hydroxylation is 1. The number of halogens is 2. The Balaban J connectivity index is 1.53. The van der Waals surface area contributed by atoms with Gasteiger partial charge in [0.1, 0.15) is 5.82 Å². The van der Waals surface area contributed by atoms with Gasteiger partial charge in [0.25, 0.3) is 5.91 Å². The molecule has 0 atom stereocenters. The standard InChI is InChI=1S/C20H17BrClN3O/c21-14-6-9-17(18(22)11-14)20(26)24-15-7-4-13(5-8-15)19-23-12-16-3-1-2-10-25(16)19/h4-9,11-12H,1-3,10H2,(H,24,26). The Morgan fingerprint density at radius 2 is 1.96 bits per heavy atom. The van der Waals surface area contributed by atoms with Gasteiger partial charge in [-0.05, 0) is 61.7 Å². The monoisotopic (exact) mass is 429 g/mol. The van der Waals surface area contributed by atoms with E-state index in [0.717, 1.165) is 34.5 Å². The van der Waals surface area contributed by atoms with Crippen molar-refractivity contribution in [1.29, 1.82) is 0 Å². The van der Waals surface area contributed by atoms with Gasteiger partial charge in [0.05, 0.1) is 10.6 Å². The summed E-state index contributed by atoms with van der Waals surface area (Å²) in [5.41, 5.74) is 3.52. The number of amides is 1. The number of hydrogen-bond donors (Lipinski definition) is 1. The molecule has 0 saturated carbocycles. The second-order valence-corrected chi connectivity index (χ2v) is 7.66. The van der Waals surface area contributed by atoms with Gasteiger partial charge in [-0.15, -0.1) is 0 Å². The van der Waals surface area contributed by atoms with E-state index in [0.29, 0.717) is 10.6 Å². The number of benzene rings is 2. The molecule has 0 fully saturated rings. The van der Waals surface area contributed by atoms with Crippen LogP contribution in [0.3, 0.4) is 0 Å². The summed E-state index contributed by atoms with van der Waals surface area (Å²) < 4.78 is 3.13. The maximum atomic E-state index is 12.4. The zero-order chi connectivity index (χ0) is 18.1. The number of fused-ring (bicyclic) bond motifs is 1. The molecule has 26 heavy (non-hydrogen) atoms. The summed E-state index contributed by atoms with van der Waals surface area (Å²) in [7, 11) is 0. The predicted molar refractivity (Wildman–Crippen MR) is 108 cm³/mol. The highest BCUT2D eigenvalue weighted by Gasteiger charge is 2.15. The Bertz CT molecular complexity index is 966. The Kier molecular flexibility index (Phi) is 4.83. The van der Waals surface area contributed by atoms with E-state index < -0.39 is 0 Å². The fourth-order valence-electron chi connectivity index (χ4n) is 3.24. The molecule has 0 spiro atoms. The normalized spacial score (nSPS) is 13.3. The molecule has 2 aromatic carbocycles. The molecule has 0 radical (unpaired) electrons. The summed E-state index contributed by atoms with van der Waals surface area (Å²) >= 11 is 9.49. The van der Waals surface area contributed by atoms with Crippen LogP contribution in [0.5, 0.6) is 0 Å². The van der Waals surface area contributed by atoms with Crippen molar-refractivity contribution in [3.05, 3.63) is 69.4 Å². The molecule has 1 N–H and O–H groups in total. The molecule has 2 heterocycles. The smallest absolute Gasteiger partial charge is 0.257 e. The van der Waals surface area contributed by atoms with E-state index in [2.05, 4.69) is 30.8 Å². The molecular weight excluding hydrogens is 414 g/mol. The minimum absolute atomic E-state index is 0.228. The first kappa shape index (κ1) is 17.3. The Labute approximate surface area is 165 Å². The molecule has 0 saturated heterocycles. The van der Waals surface area contributed by atoms with E-state index in [9.17, 15) is 4.79 Å². The number of carbonyl (C=O) groups is 1. The van der Waals surface area contributed by atoms with Gasteiger partial charge in [0.15, 0.2) is 0 Å². The van der Waals surface area contributed by atoms with Gasteiger partial charge < -0.3 is 9.88 Å². The molecule has 4 nitrogen and oxygen atoms in total. The number of rotatable bonds is 3. The van der Waals surface area contributed by atoms with Crippen LogP contribution in [-0.4, -0.2) is 15.5 Å². The van der Waals surface area contributed by atoms with Crippen LogP contribution in [-0.2, 0) is 13.0 Å². The third-order valence-electron chi connectivity index (χ3n) is 4.58. The lowest BCUT2D eigenvalue weighted by atomic mass is 10.1. The van der Waals surface area contributed by atoms with Gasteiger partial charge >= 0.3 is 0 Å². The third kappa shape index (κ3) is 3.41. The first-order chi connectivity index (χ1) is 12.6. The molecule has 3 aromatic rings. The summed E-state index contributed by atoms with van der Waals surface area (Å²) in [5.74, 6) is 0.766. The number of imidazole rings is 1. The molecule has 6 heteroatoms. The van der Waals surface area contributed by atoms with Crippen LogP contribution >= 0.6 is 27.5 Å². The summed E-state index contributed by atoms with van der Waals surface area (Å²) in [6.45, 7) is 1.02. The van der Waals surface area contributed by atoms with E-state index in [1.807, 2.05) is 30.5 Å². The predicted octanol–water partition coefficient (Wildman–Crippen LogP) is 5.55. The highest BCUT2D eigenvalue weighted by molar-refractivity contribution is 9.10. The summed E-state index contributed by atoms with van der Waals surface area (Å²) in [6.07, 6.45) is 5.49. The van der Waals surface area contributed by atoms with Crippen LogP contribution in [0.1, 0.15) is 28.9 Å². The lowest BCUT2D eigenvalue weighted by molar-refractivity contribution is 0.102. The van der Waals surface area contributed by atoms with E-state index in [1.165, 1.54) is 18.5 Å². The van der Waals surface area contributed by atoms with Crippen molar-refractivity contribution in [2.24, 2.45) is 0 Å². The first-order valence-corrected chi connectivity index (χ1v) is 9.70. The summed E-state index contributed by atoms with van der Waals surface area (Å²) in [5, 5.41) is 3.30. The van der Waals surface area contributed by atoms with Gasteiger partial charge in [-0.3, -0.25) is 4.79 Å². The number of carbonyl (C=O) groups excluding carboxylic acids is 1. The first-order valence-electron chi connectivity index (χ1n) is 8.53. The van der Waals surface area contributed by atoms with Crippen molar-refractivity contribution in [3.63, 3.8) is 0 Å². The van der Waals surface area contributed by atoms with Crippen LogP contribution < -0.4 is 5.32 Å². The van der Waals surface area contributed by atoms with Crippen LogP contribution in [0.4, 0.5) is 5.69 Å². The molecule has 1 aromatic heterocycles. The lowest BCUT2D eigenvalue weighted by Crippen LogP contribution is -2.12. The Morgan fingerprint density at radius 1 is 1.15 bits per heavy atom. The highest BCUT2D eigenvalue weighted by atomic mass is 79.9.